The van der Waals surface area contributed by atoms with Crippen LogP contribution in [0.5, 0.6) is 0 Å². The summed E-state index contributed by atoms with van der Waals surface area (Å²) in [6, 6.07) is 38.9. The quantitative estimate of drug-likeness (QED) is 0.105. The van der Waals surface area contributed by atoms with Crippen LogP contribution in [0.1, 0.15) is 43.0 Å². The predicted octanol–water partition coefficient (Wildman–Crippen LogP) is 6.32. The first kappa shape index (κ1) is 42.1. The molecule has 0 saturated carbocycles. The van der Waals surface area contributed by atoms with Gasteiger partial charge in [0.2, 0.25) is 0 Å². The third-order valence-electron chi connectivity index (χ3n) is 9.70. The molecule has 6 rings (SSSR count). The van der Waals surface area contributed by atoms with E-state index in [1.807, 2.05) is 121 Å². The van der Waals surface area contributed by atoms with Crippen LogP contribution in [0, 0.1) is 0 Å². The second kappa shape index (κ2) is 21.3. The molecule has 2 aliphatic rings. The van der Waals surface area contributed by atoms with Crippen molar-refractivity contribution in [2.24, 2.45) is 0 Å². The van der Waals surface area contributed by atoms with Crippen LogP contribution in [0.25, 0.3) is 0 Å². The summed E-state index contributed by atoms with van der Waals surface area (Å²) in [5.41, 5.74) is 3.71. The smallest absolute Gasteiger partial charge is 0.303 e. The number of esters is 2. The number of ether oxygens (including phenoxy) is 10. The highest BCUT2D eigenvalue weighted by Gasteiger charge is 2.54. The molecule has 0 spiro atoms. The summed E-state index contributed by atoms with van der Waals surface area (Å²) in [6.07, 6.45) is -9.30. The van der Waals surface area contributed by atoms with E-state index in [-0.39, 0.29) is 26.4 Å². The molecule has 4 aromatic rings. The molecule has 0 amide bonds. The van der Waals surface area contributed by atoms with Crippen LogP contribution in [0.4, 0.5) is 0 Å². The van der Waals surface area contributed by atoms with Gasteiger partial charge in [-0.1, -0.05) is 121 Å². The van der Waals surface area contributed by atoms with Crippen molar-refractivity contribution in [3.05, 3.63) is 144 Å². The highest BCUT2D eigenvalue weighted by molar-refractivity contribution is 5.67. The number of carbonyl (C=O) groups excluding carboxylic acids is 2. The molecule has 10 atom stereocenters. The fourth-order valence-corrected chi connectivity index (χ4v) is 6.99. The molecule has 12 nitrogen and oxygen atoms in total. The first-order chi connectivity index (χ1) is 27.8. The Hall–Kier alpha value is -4.50. The van der Waals surface area contributed by atoms with Crippen molar-refractivity contribution in [1.29, 1.82) is 0 Å². The second-order valence-electron chi connectivity index (χ2n) is 14.0. The molecule has 57 heavy (non-hydrogen) atoms. The van der Waals surface area contributed by atoms with Crippen molar-refractivity contribution in [3.8, 4) is 0 Å². The lowest BCUT2D eigenvalue weighted by Gasteiger charge is -2.49. The number of methoxy groups -OCH3 is 1. The molecule has 2 saturated heterocycles. The Kier molecular flexibility index (Phi) is 15.7. The number of carbonyl (C=O) groups is 2. The molecule has 2 fully saturated rings. The van der Waals surface area contributed by atoms with Gasteiger partial charge in [0.1, 0.15) is 30.5 Å². The van der Waals surface area contributed by atoms with Gasteiger partial charge in [-0.05, 0) is 29.2 Å². The van der Waals surface area contributed by atoms with E-state index in [1.165, 1.54) is 13.8 Å². The van der Waals surface area contributed by atoms with E-state index in [1.54, 1.807) is 14.0 Å². The van der Waals surface area contributed by atoms with E-state index in [0.717, 1.165) is 22.3 Å². The number of benzene rings is 4. The van der Waals surface area contributed by atoms with Crippen LogP contribution in [-0.4, -0.2) is 87.1 Å². The molecule has 0 bridgehead atoms. The zero-order chi connectivity index (χ0) is 40.0. The van der Waals surface area contributed by atoms with Gasteiger partial charge in [-0.15, -0.1) is 0 Å². The summed E-state index contributed by atoms with van der Waals surface area (Å²) < 4.78 is 63.9. The highest BCUT2D eigenvalue weighted by atomic mass is 16.8. The SMILES string of the molecule is CO[C@H]1O[C@H](COCc2ccccc2)[C@@H](O[C@@H]2O[C@@H](C)[C@@H](OC(C)=O)[C@@H](OC(C)=O)[C@@H]2OCc2ccccc2)[C@H](OCc2ccccc2)[C@H]1OCc1ccccc1. The van der Waals surface area contributed by atoms with Gasteiger partial charge in [-0.25, -0.2) is 0 Å². The second-order valence-corrected chi connectivity index (χ2v) is 14.0. The van der Waals surface area contributed by atoms with Crippen molar-refractivity contribution in [2.45, 2.75) is 109 Å². The maximum absolute atomic E-state index is 12.6. The van der Waals surface area contributed by atoms with Gasteiger partial charge in [0, 0.05) is 21.0 Å². The molecule has 2 aliphatic heterocycles. The van der Waals surface area contributed by atoms with Crippen LogP contribution in [-0.2, 0) is 83.4 Å². The summed E-state index contributed by atoms with van der Waals surface area (Å²) in [7, 11) is 1.55. The maximum atomic E-state index is 12.6. The summed E-state index contributed by atoms with van der Waals surface area (Å²) in [5.74, 6) is -1.16. The predicted molar refractivity (Wildman–Crippen MR) is 207 cm³/mol. The van der Waals surface area contributed by atoms with E-state index >= 15 is 0 Å². The molecule has 4 aromatic carbocycles. The van der Waals surface area contributed by atoms with Gasteiger partial charge in [0.25, 0.3) is 0 Å². The first-order valence-electron chi connectivity index (χ1n) is 19.2. The Morgan fingerprint density at radius 3 is 1.39 bits per heavy atom. The molecule has 304 valence electrons. The molecule has 0 aromatic heterocycles. The fraction of sp³-hybridized carbons (Fsp3) is 0.422. The van der Waals surface area contributed by atoms with Gasteiger partial charge in [0.15, 0.2) is 24.8 Å². The lowest BCUT2D eigenvalue weighted by atomic mass is 9.96. The topological polar surface area (TPSA) is 126 Å². The summed E-state index contributed by atoms with van der Waals surface area (Å²) in [5, 5.41) is 0. The van der Waals surface area contributed by atoms with Crippen molar-refractivity contribution >= 4 is 11.9 Å². The van der Waals surface area contributed by atoms with Gasteiger partial charge < -0.3 is 47.4 Å². The summed E-state index contributed by atoms with van der Waals surface area (Å²) in [4.78, 5) is 25.0. The average Bonchev–Trinajstić information content (AvgIpc) is 3.22. The number of hydrogen-bond acceptors (Lipinski definition) is 12. The Balaban J connectivity index is 1.37. The first-order valence-corrected chi connectivity index (χ1v) is 19.2. The largest absolute Gasteiger partial charge is 0.456 e. The van der Waals surface area contributed by atoms with Crippen LogP contribution >= 0.6 is 0 Å². The standard InChI is InChI=1S/C45H52O12/c1-30-38(54-31(2)46)41(55-32(3)47)43(52-28-36-23-15-8-16-24-36)45(53-30)57-39-37(29-49-25-33-17-9-5-10-18-33)56-44(48-4)42(51-27-35-21-13-7-14-22-35)40(39)50-26-34-19-11-6-12-20-34/h5-24,30,37-45H,25-29H2,1-4H3/t30-,37+,38+,39+,40-,41+,42+,43-,44-,45-/m0/s1. The van der Waals surface area contributed by atoms with Gasteiger partial charge in [-0.2, -0.15) is 0 Å². The van der Waals surface area contributed by atoms with E-state index in [2.05, 4.69) is 0 Å². The molecular formula is C45H52O12. The monoisotopic (exact) mass is 784 g/mol. The number of rotatable bonds is 18. The third-order valence-corrected chi connectivity index (χ3v) is 9.70. The maximum Gasteiger partial charge on any atom is 0.303 e. The Bertz CT molecular complexity index is 1780. The van der Waals surface area contributed by atoms with E-state index in [9.17, 15) is 9.59 Å². The number of hydrogen-bond donors (Lipinski definition) is 0. The van der Waals surface area contributed by atoms with Crippen LogP contribution in [0.15, 0.2) is 121 Å². The van der Waals surface area contributed by atoms with Crippen LogP contribution in [0.2, 0.25) is 0 Å². The average molecular weight is 785 g/mol. The molecule has 2 heterocycles. The lowest BCUT2D eigenvalue weighted by molar-refractivity contribution is -0.368. The Morgan fingerprint density at radius 1 is 0.509 bits per heavy atom. The molecule has 0 unspecified atom stereocenters. The lowest BCUT2D eigenvalue weighted by Crippen LogP contribution is -2.66. The van der Waals surface area contributed by atoms with E-state index < -0.39 is 73.4 Å². The normalized spacial score (nSPS) is 27.4. The molecule has 0 N–H and O–H groups in total. The highest BCUT2D eigenvalue weighted by Crippen LogP contribution is 2.36. The molecular weight excluding hydrogens is 732 g/mol. The van der Waals surface area contributed by atoms with Crippen molar-refractivity contribution in [3.63, 3.8) is 0 Å². The van der Waals surface area contributed by atoms with E-state index in [0.29, 0.717) is 6.61 Å². The van der Waals surface area contributed by atoms with Crippen molar-refractivity contribution < 1.29 is 57.0 Å². The minimum absolute atomic E-state index is 0.0806. The van der Waals surface area contributed by atoms with Crippen LogP contribution in [0.3, 0.4) is 0 Å². The zero-order valence-electron chi connectivity index (χ0n) is 32.8. The third kappa shape index (κ3) is 12.0. The Labute approximate surface area is 334 Å². The van der Waals surface area contributed by atoms with Crippen molar-refractivity contribution in [1.82, 2.24) is 0 Å². The summed E-state index contributed by atoms with van der Waals surface area (Å²) >= 11 is 0. The molecule has 0 aliphatic carbocycles. The minimum atomic E-state index is -1.18. The molecule has 0 radical (unpaired) electrons. The van der Waals surface area contributed by atoms with E-state index in [4.69, 9.17) is 47.4 Å². The van der Waals surface area contributed by atoms with Gasteiger partial charge in [0.05, 0.1) is 39.1 Å². The van der Waals surface area contributed by atoms with Gasteiger partial charge in [-0.3, -0.25) is 9.59 Å². The zero-order valence-corrected chi connectivity index (χ0v) is 32.8. The van der Waals surface area contributed by atoms with Crippen LogP contribution < -0.4 is 0 Å². The molecule has 12 heteroatoms. The minimum Gasteiger partial charge on any atom is -0.456 e. The Morgan fingerprint density at radius 2 is 0.930 bits per heavy atom. The fourth-order valence-electron chi connectivity index (χ4n) is 6.99. The van der Waals surface area contributed by atoms with Crippen molar-refractivity contribution in [2.75, 3.05) is 13.7 Å². The van der Waals surface area contributed by atoms with Gasteiger partial charge >= 0.3 is 11.9 Å². The summed E-state index contributed by atoms with van der Waals surface area (Å²) in [6.45, 7) is 5.26.